The Morgan fingerprint density at radius 3 is 2.95 bits per heavy atom. The smallest absolute Gasteiger partial charge is 0.410 e. The number of imidazole rings is 1. The van der Waals surface area contributed by atoms with Gasteiger partial charge in [-0.15, -0.1) is 0 Å². The normalized spacial score (nSPS) is 13.5. The highest BCUT2D eigenvalue weighted by Crippen LogP contribution is 2.28. The molecule has 3 aromatic rings. The average molecular weight is 294 g/mol. The van der Waals surface area contributed by atoms with E-state index in [1.165, 1.54) is 10.9 Å². The fourth-order valence-electron chi connectivity index (χ4n) is 2.65. The molecule has 2 aromatic heterocycles. The summed E-state index contributed by atoms with van der Waals surface area (Å²) in [5.41, 5.74) is 3.33. The number of carbonyl (C=O) groups excluding carboxylic acids is 1. The van der Waals surface area contributed by atoms with Gasteiger partial charge >= 0.3 is 6.09 Å². The molecule has 0 unspecified atom stereocenters. The van der Waals surface area contributed by atoms with E-state index in [4.69, 9.17) is 4.74 Å². The molecule has 1 aliphatic heterocycles. The van der Waals surface area contributed by atoms with Gasteiger partial charge in [0.05, 0.1) is 5.69 Å². The second-order valence-corrected chi connectivity index (χ2v) is 5.16. The van der Waals surface area contributed by atoms with Crippen molar-refractivity contribution in [1.29, 1.82) is 0 Å². The van der Waals surface area contributed by atoms with E-state index in [2.05, 4.69) is 15.3 Å². The number of pyridine rings is 1. The maximum Gasteiger partial charge on any atom is 0.426 e. The summed E-state index contributed by atoms with van der Waals surface area (Å²) in [6.07, 6.45) is 4.80. The van der Waals surface area contributed by atoms with Crippen LogP contribution in [0.2, 0.25) is 0 Å². The van der Waals surface area contributed by atoms with Crippen molar-refractivity contribution in [2.45, 2.75) is 12.8 Å². The summed E-state index contributed by atoms with van der Waals surface area (Å²) in [5, 5.41) is 3.34. The molecule has 1 aromatic carbocycles. The van der Waals surface area contributed by atoms with Gasteiger partial charge in [-0.3, -0.25) is 0 Å². The second kappa shape index (κ2) is 5.14. The van der Waals surface area contributed by atoms with Crippen molar-refractivity contribution in [3.8, 4) is 5.75 Å². The number of fused-ring (bicyclic) bond motifs is 3. The largest absolute Gasteiger partial charge is 0.426 e. The standard InChI is InChI=1S/C16H14N4O2/c21-16(22-12-6-2-1-3-7-12)20-10-19-14-13-11(5-4-8-17-13)9-18-15(14)20/h1-3,6-7,9-10,17H,4-5,8H2. The van der Waals surface area contributed by atoms with Crippen molar-refractivity contribution in [2.75, 3.05) is 11.9 Å². The highest BCUT2D eigenvalue weighted by molar-refractivity contribution is 5.93. The summed E-state index contributed by atoms with van der Waals surface area (Å²) in [7, 11) is 0. The molecule has 0 saturated heterocycles. The van der Waals surface area contributed by atoms with Gasteiger partial charge in [-0.25, -0.2) is 19.3 Å². The van der Waals surface area contributed by atoms with E-state index in [1.807, 2.05) is 18.2 Å². The number of benzene rings is 1. The Labute approximate surface area is 126 Å². The lowest BCUT2D eigenvalue weighted by Crippen LogP contribution is -2.17. The Balaban J connectivity index is 1.72. The lowest BCUT2D eigenvalue weighted by molar-refractivity contribution is 0.203. The van der Waals surface area contributed by atoms with Crippen molar-refractivity contribution < 1.29 is 9.53 Å². The van der Waals surface area contributed by atoms with Gasteiger partial charge in [0, 0.05) is 12.7 Å². The van der Waals surface area contributed by atoms with Crippen LogP contribution in [-0.4, -0.2) is 27.2 Å². The van der Waals surface area contributed by atoms with Crippen molar-refractivity contribution in [3.05, 3.63) is 48.4 Å². The summed E-state index contributed by atoms with van der Waals surface area (Å²) in [6.45, 7) is 0.910. The van der Waals surface area contributed by atoms with Crippen LogP contribution in [0.3, 0.4) is 0 Å². The zero-order valence-electron chi connectivity index (χ0n) is 11.8. The van der Waals surface area contributed by atoms with Crippen molar-refractivity contribution >= 4 is 22.9 Å². The molecule has 1 aliphatic rings. The first-order chi connectivity index (χ1) is 10.8. The average Bonchev–Trinajstić information content (AvgIpc) is 3.00. The van der Waals surface area contributed by atoms with E-state index < -0.39 is 6.09 Å². The van der Waals surface area contributed by atoms with Gasteiger partial charge in [-0.1, -0.05) is 18.2 Å². The van der Waals surface area contributed by atoms with E-state index >= 15 is 0 Å². The van der Waals surface area contributed by atoms with Crippen LogP contribution < -0.4 is 10.1 Å². The summed E-state index contributed by atoms with van der Waals surface area (Å²) in [6, 6.07) is 8.95. The topological polar surface area (TPSA) is 69.0 Å². The van der Waals surface area contributed by atoms with E-state index in [9.17, 15) is 4.79 Å². The molecule has 0 radical (unpaired) electrons. The number of anilines is 1. The predicted molar refractivity (Wildman–Crippen MR) is 82.2 cm³/mol. The van der Waals surface area contributed by atoms with Crippen LogP contribution in [0.5, 0.6) is 5.75 Å². The molecule has 110 valence electrons. The van der Waals surface area contributed by atoms with Gasteiger partial charge < -0.3 is 10.1 Å². The molecule has 0 amide bonds. The fraction of sp³-hybridized carbons (Fsp3) is 0.188. The monoisotopic (exact) mass is 294 g/mol. The molecule has 0 saturated carbocycles. The minimum atomic E-state index is -0.517. The van der Waals surface area contributed by atoms with Crippen LogP contribution in [0.25, 0.3) is 11.2 Å². The Kier molecular flexibility index (Phi) is 3.00. The van der Waals surface area contributed by atoms with Crippen molar-refractivity contribution in [1.82, 2.24) is 14.5 Å². The molecule has 1 N–H and O–H groups in total. The first-order valence-electron chi connectivity index (χ1n) is 7.19. The minimum absolute atomic E-state index is 0.491. The van der Waals surface area contributed by atoms with Gasteiger partial charge in [0.2, 0.25) is 0 Å². The van der Waals surface area contributed by atoms with Gasteiger partial charge in [0.1, 0.15) is 17.6 Å². The Morgan fingerprint density at radius 2 is 2.09 bits per heavy atom. The summed E-state index contributed by atoms with van der Waals surface area (Å²) in [5.74, 6) is 0.491. The van der Waals surface area contributed by atoms with Gasteiger partial charge in [0.25, 0.3) is 0 Å². The van der Waals surface area contributed by atoms with Gasteiger partial charge in [-0.2, -0.15) is 0 Å². The molecule has 4 rings (SSSR count). The lowest BCUT2D eigenvalue weighted by Gasteiger charge is -2.17. The number of ether oxygens (including phenoxy) is 1. The molecule has 0 spiro atoms. The van der Waals surface area contributed by atoms with E-state index in [0.29, 0.717) is 16.9 Å². The summed E-state index contributed by atoms with van der Waals surface area (Å²) in [4.78, 5) is 21.0. The fourth-order valence-corrected chi connectivity index (χ4v) is 2.65. The van der Waals surface area contributed by atoms with E-state index in [-0.39, 0.29) is 0 Å². The lowest BCUT2D eigenvalue weighted by atomic mass is 10.1. The SMILES string of the molecule is O=C(Oc1ccccc1)n1cnc2c3c(cnc21)CCCN3. The van der Waals surface area contributed by atoms with Crippen LogP contribution in [-0.2, 0) is 6.42 Å². The number of carbonyl (C=O) groups is 1. The quantitative estimate of drug-likeness (QED) is 0.747. The third-order valence-electron chi connectivity index (χ3n) is 3.71. The molecular formula is C16H14N4O2. The Hall–Kier alpha value is -2.89. The van der Waals surface area contributed by atoms with Crippen LogP contribution in [0.4, 0.5) is 10.5 Å². The highest BCUT2D eigenvalue weighted by Gasteiger charge is 2.19. The number of aromatic nitrogens is 3. The third-order valence-corrected chi connectivity index (χ3v) is 3.71. The maximum atomic E-state index is 12.3. The van der Waals surface area contributed by atoms with E-state index in [1.54, 1.807) is 18.3 Å². The van der Waals surface area contributed by atoms with Crippen LogP contribution in [0.15, 0.2) is 42.9 Å². The zero-order chi connectivity index (χ0) is 14.9. The van der Waals surface area contributed by atoms with Crippen molar-refractivity contribution in [3.63, 3.8) is 0 Å². The van der Waals surface area contributed by atoms with Gasteiger partial charge in [0.15, 0.2) is 5.65 Å². The number of hydrogen-bond acceptors (Lipinski definition) is 5. The summed E-state index contributed by atoms with van der Waals surface area (Å²) >= 11 is 0. The van der Waals surface area contributed by atoms with Crippen LogP contribution in [0, 0.1) is 0 Å². The summed E-state index contributed by atoms with van der Waals surface area (Å²) < 4.78 is 6.67. The van der Waals surface area contributed by atoms with Crippen LogP contribution >= 0.6 is 0 Å². The highest BCUT2D eigenvalue weighted by atomic mass is 16.6. The molecule has 0 fully saturated rings. The number of aryl methyl sites for hydroxylation is 1. The van der Waals surface area contributed by atoms with Crippen molar-refractivity contribution in [2.24, 2.45) is 0 Å². The van der Waals surface area contributed by atoms with Crippen LogP contribution in [0.1, 0.15) is 12.0 Å². The first-order valence-corrected chi connectivity index (χ1v) is 7.19. The molecule has 6 heteroatoms. The second-order valence-electron chi connectivity index (χ2n) is 5.16. The van der Waals surface area contributed by atoms with Gasteiger partial charge in [-0.05, 0) is 30.5 Å². The molecule has 22 heavy (non-hydrogen) atoms. The number of rotatable bonds is 1. The Morgan fingerprint density at radius 1 is 1.23 bits per heavy atom. The molecule has 0 bridgehead atoms. The minimum Gasteiger partial charge on any atom is -0.410 e. The number of nitrogens with zero attached hydrogens (tertiary/aromatic N) is 3. The zero-order valence-corrected chi connectivity index (χ0v) is 11.8. The molecule has 0 aliphatic carbocycles. The maximum absolute atomic E-state index is 12.3. The molecular weight excluding hydrogens is 280 g/mol. The molecule has 6 nitrogen and oxygen atoms in total. The molecule has 0 atom stereocenters. The van der Waals surface area contributed by atoms with E-state index in [0.717, 1.165) is 30.6 Å². The number of hydrogen-bond donors (Lipinski definition) is 1. The predicted octanol–water partition coefficient (Wildman–Crippen LogP) is 2.84. The number of para-hydroxylation sites is 1. The third kappa shape index (κ3) is 2.09. The Bertz CT molecular complexity index is 842. The number of nitrogens with one attached hydrogen (secondary N) is 1. The molecule has 3 heterocycles. The first kappa shape index (κ1) is 12.8.